The lowest BCUT2D eigenvalue weighted by Crippen LogP contribution is -2.28. The van der Waals surface area contributed by atoms with Crippen LogP contribution >= 0.6 is 0 Å². The Morgan fingerprint density at radius 3 is 2.47 bits per heavy atom. The third-order valence-electron chi connectivity index (χ3n) is 2.77. The number of halogens is 1. The number of carbonyl (C=O) groups is 2. The number of amides is 2. The molecule has 0 aromatic heterocycles. The minimum Gasteiger partial charge on any atom is -0.370 e. The molecular weight excluding hydrogens is 247 g/mol. The first kappa shape index (κ1) is 13.0. The molecule has 4 nitrogen and oxygen atoms in total. The molecule has 0 radical (unpaired) electrons. The molecule has 0 saturated carbocycles. The molecule has 0 aliphatic carbocycles. The van der Waals surface area contributed by atoms with E-state index in [0.717, 1.165) is 0 Å². The monoisotopic (exact) mass is 260 g/mol. The van der Waals surface area contributed by atoms with Crippen LogP contribution in [0.3, 0.4) is 0 Å². The van der Waals surface area contributed by atoms with Crippen molar-refractivity contribution in [3.63, 3.8) is 0 Å². The molecule has 2 aromatic rings. The molecule has 3 N–H and O–H groups in total. The van der Waals surface area contributed by atoms with Crippen LogP contribution in [0.4, 0.5) is 4.39 Å². The maximum absolute atomic E-state index is 13.6. The number of primary amides is 1. The number of nitrogens with two attached hydrogens (primary N) is 1. The van der Waals surface area contributed by atoms with Crippen molar-refractivity contribution >= 4 is 22.6 Å². The number of hydrogen-bond donors (Lipinski definition) is 2. The quantitative estimate of drug-likeness (QED) is 0.876. The molecule has 2 aromatic carbocycles. The average Bonchev–Trinajstić information content (AvgIpc) is 2.39. The Hall–Kier alpha value is -2.43. The number of hydrogen-bond acceptors (Lipinski definition) is 2. The minimum absolute atomic E-state index is 0.0743. The molecule has 0 aliphatic heterocycles. The number of carbonyl (C=O) groups excluding carboxylic acids is 2. The van der Waals surface area contributed by atoms with E-state index in [1.165, 1.54) is 12.1 Å². The average molecular weight is 260 g/mol. The number of fused-ring (bicyclic) bond motifs is 1. The smallest absolute Gasteiger partial charge is 0.251 e. The van der Waals surface area contributed by atoms with Crippen molar-refractivity contribution in [2.24, 2.45) is 5.73 Å². The van der Waals surface area contributed by atoms with Crippen LogP contribution in [0, 0.1) is 5.82 Å². The molecule has 19 heavy (non-hydrogen) atoms. The zero-order valence-electron chi connectivity index (χ0n) is 10.2. The van der Waals surface area contributed by atoms with Crippen molar-refractivity contribution in [2.45, 2.75) is 6.42 Å². The number of rotatable bonds is 4. The van der Waals surface area contributed by atoms with Crippen LogP contribution in [0.15, 0.2) is 36.4 Å². The highest BCUT2D eigenvalue weighted by Crippen LogP contribution is 2.21. The zero-order chi connectivity index (χ0) is 13.8. The number of benzene rings is 2. The Bertz CT molecular complexity index is 640. The summed E-state index contributed by atoms with van der Waals surface area (Å²) in [5, 5.41) is 3.51. The first-order valence-corrected chi connectivity index (χ1v) is 5.83. The van der Waals surface area contributed by atoms with Crippen molar-refractivity contribution in [2.75, 3.05) is 6.54 Å². The topological polar surface area (TPSA) is 72.2 Å². The maximum atomic E-state index is 13.6. The van der Waals surface area contributed by atoms with Crippen LogP contribution in [-0.4, -0.2) is 18.4 Å². The summed E-state index contributed by atoms with van der Waals surface area (Å²) < 4.78 is 13.6. The van der Waals surface area contributed by atoms with E-state index in [-0.39, 0.29) is 24.7 Å². The molecule has 0 aliphatic rings. The third-order valence-corrected chi connectivity index (χ3v) is 2.77. The van der Waals surface area contributed by atoms with Gasteiger partial charge < -0.3 is 11.1 Å². The van der Waals surface area contributed by atoms with Gasteiger partial charge in [0, 0.05) is 23.9 Å². The third kappa shape index (κ3) is 2.88. The highest BCUT2D eigenvalue weighted by Gasteiger charge is 2.11. The lowest BCUT2D eigenvalue weighted by atomic mass is 10.0. The van der Waals surface area contributed by atoms with Crippen LogP contribution < -0.4 is 11.1 Å². The summed E-state index contributed by atoms with van der Waals surface area (Å²) in [6, 6.07) is 9.43. The van der Waals surface area contributed by atoms with Crippen molar-refractivity contribution in [3.8, 4) is 0 Å². The predicted octanol–water partition coefficient (Wildman–Crippen LogP) is 1.58. The van der Waals surface area contributed by atoms with E-state index >= 15 is 0 Å². The summed E-state index contributed by atoms with van der Waals surface area (Å²) in [5.41, 5.74) is 5.36. The van der Waals surface area contributed by atoms with Gasteiger partial charge in [0.2, 0.25) is 5.91 Å². The van der Waals surface area contributed by atoms with E-state index in [9.17, 15) is 14.0 Å². The lowest BCUT2D eigenvalue weighted by molar-refractivity contribution is -0.117. The molecular formula is C14H13FN2O2. The molecule has 0 atom stereocenters. The van der Waals surface area contributed by atoms with E-state index < -0.39 is 5.91 Å². The number of nitrogens with one attached hydrogen (secondary N) is 1. The van der Waals surface area contributed by atoms with Crippen LogP contribution in [-0.2, 0) is 4.79 Å². The van der Waals surface area contributed by atoms with E-state index in [1.54, 1.807) is 24.3 Å². The lowest BCUT2D eigenvalue weighted by Gasteiger charge is -2.08. The second kappa shape index (κ2) is 5.48. The van der Waals surface area contributed by atoms with E-state index in [0.29, 0.717) is 16.3 Å². The SMILES string of the molecule is NC(=O)CCNC(=O)c1ccc(F)c2ccccc12. The van der Waals surface area contributed by atoms with E-state index in [2.05, 4.69) is 5.32 Å². The molecule has 2 rings (SSSR count). The van der Waals surface area contributed by atoms with Gasteiger partial charge in [-0.1, -0.05) is 24.3 Å². The van der Waals surface area contributed by atoms with Gasteiger partial charge in [-0.25, -0.2) is 4.39 Å². The predicted molar refractivity (Wildman–Crippen MR) is 70.1 cm³/mol. The molecule has 98 valence electrons. The van der Waals surface area contributed by atoms with E-state index in [4.69, 9.17) is 5.73 Å². The highest BCUT2D eigenvalue weighted by molar-refractivity contribution is 6.07. The maximum Gasteiger partial charge on any atom is 0.251 e. The molecule has 0 unspecified atom stereocenters. The Kier molecular flexibility index (Phi) is 3.75. The van der Waals surface area contributed by atoms with Gasteiger partial charge in [0.15, 0.2) is 0 Å². The summed E-state index contributed by atoms with van der Waals surface area (Å²) in [6.07, 6.45) is 0.0743. The van der Waals surface area contributed by atoms with Crippen molar-refractivity contribution in [1.82, 2.24) is 5.32 Å². The van der Waals surface area contributed by atoms with E-state index in [1.807, 2.05) is 0 Å². The van der Waals surface area contributed by atoms with Crippen molar-refractivity contribution < 1.29 is 14.0 Å². The summed E-state index contributed by atoms with van der Waals surface area (Å²) in [4.78, 5) is 22.6. The van der Waals surface area contributed by atoms with Gasteiger partial charge in [-0.05, 0) is 17.5 Å². The minimum atomic E-state index is -0.482. The Morgan fingerprint density at radius 1 is 1.11 bits per heavy atom. The first-order chi connectivity index (χ1) is 9.09. The van der Waals surface area contributed by atoms with Gasteiger partial charge in [0.25, 0.3) is 5.91 Å². The Balaban J connectivity index is 2.27. The van der Waals surface area contributed by atoms with Gasteiger partial charge in [0.05, 0.1) is 0 Å². The fourth-order valence-electron chi connectivity index (χ4n) is 1.85. The van der Waals surface area contributed by atoms with Gasteiger partial charge in [-0.2, -0.15) is 0 Å². The van der Waals surface area contributed by atoms with Crippen molar-refractivity contribution in [1.29, 1.82) is 0 Å². The van der Waals surface area contributed by atoms with Gasteiger partial charge in [-0.15, -0.1) is 0 Å². The highest BCUT2D eigenvalue weighted by atomic mass is 19.1. The van der Waals surface area contributed by atoms with Gasteiger partial charge in [0.1, 0.15) is 5.82 Å². The largest absolute Gasteiger partial charge is 0.370 e. The summed E-state index contributed by atoms with van der Waals surface area (Å²) >= 11 is 0. The molecule has 2 amide bonds. The van der Waals surface area contributed by atoms with Crippen LogP contribution in [0.1, 0.15) is 16.8 Å². The summed E-state index contributed by atoms with van der Waals surface area (Å²) in [6.45, 7) is 0.167. The normalized spacial score (nSPS) is 10.4. The van der Waals surface area contributed by atoms with Gasteiger partial charge in [-0.3, -0.25) is 9.59 Å². The summed E-state index contributed by atoms with van der Waals surface area (Å²) in [5.74, 6) is -1.20. The molecule has 0 heterocycles. The summed E-state index contributed by atoms with van der Waals surface area (Å²) in [7, 11) is 0. The van der Waals surface area contributed by atoms with Crippen molar-refractivity contribution in [3.05, 3.63) is 47.8 Å². The van der Waals surface area contributed by atoms with Crippen LogP contribution in [0.25, 0.3) is 10.8 Å². The molecule has 0 bridgehead atoms. The second-order valence-electron chi connectivity index (χ2n) is 4.11. The fourth-order valence-corrected chi connectivity index (χ4v) is 1.85. The Morgan fingerprint density at radius 2 is 1.79 bits per heavy atom. The molecule has 5 heteroatoms. The molecule has 0 spiro atoms. The van der Waals surface area contributed by atoms with Crippen LogP contribution in [0.2, 0.25) is 0 Å². The molecule has 0 saturated heterocycles. The molecule has 0 fully saturated rings. The Labute approximate surface area is 109 Å². The second-order valence-corrected chi connectivity index (χ2v) is 4.11. The van der Waals surface area contributed by atoms with Gasteiger partial charge >= 0.3 is 0 Å². The van der Waals surface area contributed by atoms with Crippen LogP contribution in [0.5, 0.6) is 0 Å². The standard InChI is InChI=1S/C14H13FN2O2/c15-12-6-5-11(9-3-1-2-4-10(9)12)14(19)17-8-7-13(16)18/h1-6H,7-8H2,(H2,16,18)(H,17,19). The zero-order valence-corrected chi connectivity index (χ0v) is 10.2. The first-order valence-electron chi connectivity index (χ1n) is 5.83. The fraction of sp³-hybridized carbons (Fsp3) is 0.143.